The van der Waals surface area contributed by atoms with Crippen LogP contribution >= 0.6 is 23.7 Å². The Labute approximate surface area is 65.5 Å². The first kappa shape index (κ1) is 8.79. The molecule has 0 amide bonds. The molecule has 0 aliphatic carbocycles. The molecule has 52 valence electrons. The number of nitrogens with one attached hydrogen (secondary N) is 1. The van der Waals surface area contributed by atoms with Crippen molar-refractivity contribution in [2.24, 2.45) is 0 Å². The van der Waals surface area contributed by atoms with Gasteiger partial charge in [0.1, 0.15) is 0 Å². The second-order valence-electron chi connectivity index (χ2n) is 1.54. The second kappa shape index (κ2) is 4.65. The molecule has 0 atom stereocenters. The molecule has 0 aliphatic rings. The van der Waals surface area contributed by atoms with Crippen molar-refractivity contribution in [3.8, 4) is 0 Å². The summed E-state index contributed by atoms with van der Waals surface area (Å²) in [6.45, 7) is 3.11. The molecule has 1 heterocycles. The largest absolute Gasteiger partial charge is 0.385 e. The van der Waals surface area contributed by atoms with Gasteiger partial charge in [-0.1, -0.05) is 0 Å². The molecule has 1 N–H and O–H groups in total. The van der Waals surface area contributed by atoms with Crippen molar-refractivity contribution in [2.75, 3.05) is 11.9 Å². The minimum Gasteiger partial charge on any atom is -0.385 e. The predicted octanol–water partition coefficient (Wildman–Crippen LogP) is 2.60. The number of rotatable bonds is 2. The van der Waals surface area contributed by atoms with Gasteiger partial charge in [-0.2, -0.15) is 11.3 Å². The summed E-state index contributed by atoms with van der Waals surface area (Å²) in [6.07, 6.45) is 0. The molecule has 0 radical (unpaired) electrons. The monoisotopic (exact) mass is 163 g/mol. The fourth-order valence-corrected chi connectivity index (χ4v) is 1.18. The summed E-state index contributed by atoms with van der Waals surface area (Å²) in [4.78, 5) is 0. The van der Waals surface area contributed by atoms with Gasteiger partial charge in [-0.05, 0) is 18.4 Å². The molecule has 3 heteroatoms. The Morgan fingerprint density at radius 3 is 2.89 bits per heavy atom. The van der Waals surface area contributed by atoms with Crippen molar-refractivity contribution >= 4 is 29.4 Å². The van der Waals surface area contributed by atoms with Gasteiger partial charge in [-0.3, -0.25) is 0 Å². The Balaban J connectivity index is 0.000000640. The Kier molecular flexibility index (Phi) is 4.54. The highest BCUT2D eigenvalue weighted by atomic mass is 35.5. The third kappa shape index (κ3) is 2.72. The summed E-state index contributed by atoms with van der Waals surface area (Å²) in [6, 6.07) is 2.08. The van der Waals surface area contributed by atoms with E-state index in [1.165, 1.54) is 5.69 Å². The van der Waals surface area contributed by atoms with Gasteiger partial charge < -0.3 is 5.32 Å². The van der Waals surface area contributed by atoms with Gasteiger partial charge in [0.25, 0.3) is 0 Å². The normalized spacial score (nSPS) is 8.11. The summed E-state index contributed by atoms with van der Waals surface area (Å²) in [7, 11) is 0. The van der Waals surface area contributed by atoms with Crippen LogP contribution in [0, 0.1) is 0 Å². The fraction of sp³-hybridized carbons (Fsp3) is 0.333. The van der Waals surface area contributed by atoms with E-state index in [1.54, 1.807) is 11.3 Å². The summed E-state index contributed by atoms with van der Waals surface area (Å²) >= 11 is 1.72. The van der Waals surface area contributed by atoms with E-state index in [4.69, 9.17) is 0 Å². The van der Waals surface area contributed by atoms with E-state index in [2.05, 4.69) is 29.1 Å². The second-order valence-corrected chi connectivity index (χ2v) is 2.32. The van der Waals surface area contributed by atoms with Crippen LogP contribution in [0.2, 0.25) is 0 Å². The molecule has 1 aromatic heterocycles. The molecule has 1 aromatic rings. The Bertz CT molecular complexity index is 139. The van der Waals surface area contributed by atoms with Crippen molar-refractivity contribution in [1.82, 2.24) is 0 Å². The number of anilines is 1. The molecule has 0 bridgehead atoms. The van der Waals surface area contributed by atoms with E-state index in [-0.39, 0.29) is 12.4 Å². The lowest BCUT2D eigenvalue weighted by atomic mass is 10.5. The van der Waals surface area contributed by atoms with Crippen LogP contribution < -0.4 is 5.32 Å². The van der Waals surface area contributed by atoms with Crippen molar-refractivity contribution in [3.63, 3.8) is 0 Å². The van der Waals surface area contributed by atoms with Gasteiger partial charge in [0.05, 0.1) is 0 Å². The summed E-state index contributed by atoms with van der Waals surface area (Å²) < 4.78 is 0. The lowest BCUT2D eigenvalue weighted by Gasteiger charge is -1.93. The zero-order valence-electron chi connectivity index (χ0n) is 5.26. The van der Waals surface area contributed by atoms with E-state index in [9.17, 15) is 0 Å². The summed E-state index contributed by atoms with van der Waals surface area (Å²) in [5.41, 5.74) is 1.23. The van der Waals surface area contributed by atoms with E-state index >= 15 is 0 Å². The van der Waals surface area contributed by atoms with Gasteiger partial charge in [0, 0.05) is 17.6 Å². The lowest BCUT2D eigenvalue weighted by Crippen LogP contribution is -1.92. The molecule has 0 unspecified atom stereocenters. The van der Waals surface area contributed by atoms with E-state index in [1.807, 2.05) is 0 Å². The third-order valence-corrected chi connectivity index (χ3v) is 1.59. The van der Waals surface area contributed by atoms with E-state index in [0.717, 1.165) is 6.54 Å². The number of thiophene rings is 1. The van der Waals surface area contributed by atoms with Crippen LogP contribution in [-0.2, 0) is 0 Å². The van der Waals surface area contributed by atoms with Crippen LogP contribution in [0.5, 0.6) is 0 Å². The quantitative estimate of drug-likeness (QED) is 0.707. The van der Waals surface area contributed by atoms with Crippen LogP contribution in [0.15, 0.2) is 16.8 Å². The molecule has 0 spiro atoms. The maximum absolute atomic E-state index is 3.20. The SMILES string of the molecule is CCNc1ccsc1.Cl. The molecule has 0 aliphatic heterocycles. The average Bonchev–Trinajstić information content (AvgIpc) is 2.19. The highest BCUT2D eigenvalue weighted by Crippen LogP contribution is 2.10. The van der Waals surface area contributed by atoms with Gasteiger partial charge in [-0.25, -0.2) is 0 Å². The number of halogens is 1. The highest BCUT2D eigenvalue weighted by molar-refractivity contribution is 7.08. The Morgan fingerprint density at radius 1 is 1.67 bits per heavy atom. The standard InChI is InChI=1S/C6H9NS.ClH/c1-2-7-6-3-4-8-5-6;/h3-5,7H,2H2,1H3;1H. The molecule has 1 nitrogen and oxygen atoms in total. The van der Waals surface area contributed by atoms with Gasteiger partial charge >= 0.3 is 0 Å². The van der Waals surface area contributed by atoms with Crippen molar-refractivity contribution in [2.45, 2.75) is 6.92 Å². The topological polar surface area (TPSA) is 12.0 Å². The molecular formula is C6H10ClNS. The van der Waals surface area contributed by atoms with Crippen LogP contribution in [0.4, 0.5) is 5.69 Å². The zero-order chi connectivity index (χ0) is 5.82. The number of hydrogen-bond donors (Lipinski definition) is 1. The smallest absolute Gasteiger partial charge is 0.0448 e. The minimum atomic E-state index is 0. The molecule has 0 aromatic carbocycles. The first-order valence-electron chi connectivity index (χ1n) is 2.69. The molecule has 0 saturated carbocycles. The van der Waals surface area contributed by atoms with E-state index < -0.39 is 0 Å². The van der Waals surface area contributed by atoms with Crippen molar-refractivity contribution in [3.05, 3.63) is 16.8 Å². The lowest BCUT2D eigenvalue weighted by molar-refractivity contribution is 1.22. The van der Waals surface area contributed by atoms with E-state index in [0.29, 0.717) is 0 Å². The fourth-order valence-electron chi connectivity index (χ4n) is 0.569. The maximum Gasteiger partial charge on any atom is 0.0448 e. The number of hydrogen-bond acceptors (Lipinski definition) is 2. The minimum absolute atomic E-state index is 0. The summed E-state index contributed by atoms with van der Waals surface area (Å²) in [5.74, 6) is 0. The molecule has 0 fully saturated rings. The van der Waals surface area contributed by atoms with Crippen LogP contribution in [0.25, 0.3) is 0 Å². The summed E-state index contributed by atoms with van der Waals surface area (Å²) in [5, 5.41) is 7.37. The Morgan fingerprint density at radius 2 is 2.44 bits per heavy atom. The van der Waals surface area contributed by atoms with Crippen molar-refractivity contribution < 1.29 is 0 Å². The first-order chi connectivity index (χ1) is 3.93. The van der Waals surface area contributed by atoms with Crippen LogP contribution in [0.3, 0.4) is 0 Å². The maximum atomic E-state index is 3.20. The van der Waals surface area contributed by atoms with Crippen molar-refractivity contribution in [1.29, 1.82) is 0 Å². The van der Waals surface area contributed by atoms with Gasteiger partial charge in [0.15, 0.2) is 0 Å². The molecular weight excluding hydrogens is 154 g/mol. The van der Waals surface area contributed by atoms with Gasteiger partial charge in [-0.15, -0.1) is 12.4 Å². The Hall–Kier alpha value is -0.210. The zero-order valence-corrected chi connectivity index (χ0v) is 6.89. The van der Waals surface area contributed by atoms with Gasteiger partial charge in [0.2, 0.25) is 0 Å². The molecule has 9 heavy (non-hydrogen) atoms. The highest BCUT2D eigenvalue weighted by Gasteiger charge is 1.83. The van der Waals surface area contributed by atoms with Crippen LogP contribution in [0.1, 0.15) is 6.92 Å². The predicted molar refractivity (Wildman–Crippen MR) is 45.7 cm³/mol. The first-order valence-corrected chi connectivity index (χ1v) is 3.64. The van der Waals surface area contributed by atoms with Crippen LogP contribution in [-0.4, -0.2) is 6.54 Å². The third-order valence-electron chi connectivity index (χ3n) is 0.902. The molecule has 1 rings (SSSR count). The average molecular weight is 164 g/mol. The molecule has 0 saturated heterocycles.